The molecule has 0 saturated carbocycles. The van der Waals surface area contributed by atoms with E-state index in [1.165, 1.54) is 55.3 Å². The van der Waals surface area contributed by atoms with Gasteiger partial charge in [-0.25, -0.2) is 0 Å². The van der Waals surface area contributed by atoms with Gasteiger partial charge < -0.3 is 18.9 Å². The predicted molar refractivity (Wildman–Crippen MR) is 335 cm³/mol. The van der Waals surface area contributed by atoms with Crippen molar-refractivity contribution in [1.82, 2.24) is 9.13 Å². The van der Waals surface area contributed by atoms with Crippen molar-refractivity contribution in [1.29, 1.82) is 0 Å². The van der Waals surface area contributed by atoms with Gasteiger partial charge in [0.15, 0.2) is 0 Å². The Kier molecular flexibility index (Phi) is 10.9. The lowest BCUT2D eigenvalue weighted by Gasteiger charge is -2.28. The Bertz CT molecular complexity index is 4200. The highest BCUT2D eigenvalue weighted by Crippen LogP contribution is 2.53. The van der Waals surface area contributed by atoms with Gasteiger partial charge in [0.2, 0.25) is 0 Å². The molecule has 2 aliphatic carbocycles. The van der Waals surface area contributed by atoms with Crippen LogP contribution in [0.4, 0.5) is 34.1 Å². The third-order valence-electron chi connectivity index (χ3n) is 17.3. The number of rotatable bonds is 10. The van der Waals surface area contributed by atoms with Crippen molar-refractivity contribution in [2.45, 2.75) is 38.5 Å². The molecule has 4 heteroatoms. The summed E-state index contributed by atoms with van der Waals surface area (Å²) in [4.78, 5) is 4.79. The van der Waals surface area contributed by atoms with E-state index in [1.807, 2.05) is 0 Å². The van der Waals surface area contributed by atoms with E-state index >= 15 is 0 Å². The van der Waals surface area contributed by atoms with Gasteiger partial charge in [-0.3, -0.25) is 0 Å². The van der Waals surface area contributed by atoms with E-state index in [4.69, 9.17) is 0 Å². The minimum atomic E-state index is -0.115. The number of fused-ring (bicyclic) bond motifs is 8. The molecule has 11 aromatic carbocycles. The minimum Gasteiger partial charge on any atom is -0.310 e. The van der Waals surface area contributed by atoms with Crippen molar-refractivity contribution in [3.05, 3.63) is 301 Å². The lowest BCUT2D eigenvalue weighted by Crippen LogP contribution is -2.16. The average Bonchev–Trinajstić information content (AvgIpc) is 4.42. The van der Waals surface area contributed by atoms with Gasteiger partial charge in [0.05, 0.1) is 22.4 Å². The fourth-order valence-electron chi connectivity index (χ4n) is 13.3. The lowest BCUT2D eigenvalue weighted by molar-refractivity contribution is 0.660. The molecular weight excluding hydrogens is 969 g/mol. The summed E-state index contributed by atoms with van der Waals surface area (Å²) in [6, 6.07) is 103. The third-order valence-corrected chi connectivity index (χ3v) is 17.3. The molecule has 2 aliphatic rings. The Morgan fingerprint density at radius 1 is 0.263 bits per heavy atom. The minimum absolute atomic E-state index is 0.115. The average molecular weight is 1030 g/mol. The Balaban J connectivity index is 0.846. The zero-order valence-electron chi connectivity index (χ0n) is 45.3. The number of anilines is 6. The highest BCUT2D eigenvalue weighted by molar-refractivity contribution is 6.02. The maximum Gasteiger partial charge on any atom is 0.0542 e. The van der Waals surface area contributed by atoms with Crippen molar-refractivity contribution in [3.63, 3.8) is 0 Å². The van der Waals surface area contributed by atoms with Crippen LogP contribution >= 0.6 is 0 Å². The summed E-state index contributed by atoms with van der Waals surface area (Å²) >= 11 is 0. The van der Waals surface area contributed by atoms with E-state index in [0.717, 1.165) is 79.0 Å². The van der Waals surface area contributed by atoms with Crippen molar-refractivity contribution in [2.75, 3.05) is 9.80 Å². The molecule has 0 amide bonds. The molecule has 2 heterocycles. The fraction of sp³-hybridized carbons (Fsp3) is 0.0789. The number of nitrogens with zero attached hydrogens (tertiary/aromatic N) is 4. The molecule has 13 aromatic rings. The molecule has 0 bridgehead atoms. The van der Waals surface area contributed by atoms with Crippen LogP contribution in [0, 0.1) is 0 Å². The fourth-order valence-corrected chi connectivity index (χ4v) is 13.3. The van der Waals surface area contributed by atoms with E-state index in [1.54, 1.807) is 0 Å². The van der Waals surface area contributed by atoms with Gasteiger partial charge in [-0.05, 0) is 177 Å². The first-order valence-electron chi connectivity index (χ1n) is 27.9. The van der Waals surface area contributed by atoms with Gasteiger partial charge in [-0.2, -0.15) is 0 Å². The number of benzene rings is 11. The van der Waals surface area contributed by atoms with Crippen molar-refractivity contribution in [3.8, 4) is 56.1 Å². The Morgan fingerprint density at radius 2 is 0.575 bits per heavy atom. The number of aromatic nitrogens is 2. The molecule has 382 valence electrons. The van der Waals surface area contributed by atoms with Gasteiger partial charge in [-0.15, -0.1) is 0 Å². The zero-order chi connectivity index (χ0) is 53.7. The van der Waals surface area contributed by atoms with Crippen LogP contribution in [-0.2, 0) is 10.8 Å². The molecule has 0 spiro atoms. The third kappa shape index (κ3) is 7.51. The van der Waals surface area contributed by atoms with E-state index in [-0.39, 0.29) is 10.8 Å². The summed E-state index contributed by atoms with van der Waals surface area (Å²) in [5, 5.41) is 2.33. The smallest absolute Gasteiger partial charge is 0.0542 e. The van der Waals surface area contributed by atoms with Crippen molar-refractivity contribution >= 4 is 55.9 Å². The second-order valence-electron chi connectivity index (χ2n) is 22.6. The van der Waals surface area contributed by atoms with E-state index in [0.29, 0.717) is 0 Å². The summed E-state index contributed by atoms with van der Waals surface area (Å²) in [5.74, 6) is 0. The molecule has 0 saturated heterocycles. The normalized spacial score (nSPS) is 13.4. The highest BCUT2D eigenvalue weighted by atomic mass is 15.1. The molecule has 80 heavy (non-hydrogen) atoms. The second-order valence-corrected chi connectivity index (χ2v) is 22.6. The number of hydrogen-bond donors (Lipinski definition) is 0. The van der Waals surface area contributed by atoms with E-state index in [9.17, 15) is 0 Å². The Labute approximate surface area is 468 Å². The number of hydrogen-bond acceptors (Lipinski definition) is 2. The monoisotopic (exact) mass is 1030 g/mol. The van der Waals surface area contributed by atoms with E-state index in [2.05, 4.69) is 326 Å². The van der Waals surface area contributed by atoms with Gasteiger partial charge in [0, 0.05) is 67.1 Å². The van der Waals surface area contributed by atoms with Gasteiger partial charge in [0.25, 0.3) is 0 Å². The molecule has 0 atom stereocenters. The maximum atomic E-state index is 2.45. The molecule has 0 unspecified atom stereocenters. The summed E-state index contributed by atoms with van der Waals surface area (Å²) in [6.07, 6.45) is 0. The van der Waals surface area contributed by atoms with Gasteiger partial charge in [-0.1, -0.05) is 185 Å². The lowest BCUT2D eigenvalue weighted by atomic mass is 9.82. The van der Waals surface area contributed by atoms with Crippen LogP contribution in [-0.4, -0.2) is 9.13 Å². The summed E-state index contributed by atoms with van der Waals surface area (Å²) in [6.45, 7) is 9.42. The van der Waals surface area contributed by atoms with Crippen molar-refractivity contribution in [2.24, 2.45) is 0 Å². The van der Waals surface area contributed by atoms with Crippen LogP contribution in [0.5, 0.6) is 0 Å². The summed E-state index contributed by atoms with van der Waals surface area (Å²) < 4.78 is 4.89. The largest absolute Gasteiger partial charge is 0.310 e. The SMILES string of the molecule is CC1(C)c2ccccc2-c2ccc(N(c3ccccc3)c3ccc(-n4c(-c5ccccc5)cc5cc6c(cc(-c7ccccc7)n6-c6ccc(N(c7ccccc7)c7ccc8c(c7)C(C)(C)c7ccccc7-8)cc6)cc54)cc3)cc21. The molecule has 15 rings (SSSR count). The van der Waals surface area contributed by atoms with E-state index < -0.39 is 0 Å². The summed E-state index contributed by atoms with van der Waals surface area (Å²) in [5.41, 5.74) is 26.3. The van der Waals surface area contributed by atoms with Crippen LogP contribution in [0.3, 0.4) is 0 Å². The predicted octanol–water partition coefficient (Wildman–Crippen LogP) is 20.5. The van der Waals surface area contributed by atoms with Crippen LogP contribution in [0.1, 0.15) is 49.9 Å². The number of para-hydroxylation sites is 2. The molecule has 0 radical (unpaired) electrons. The summed E-state index contributed by atoms with van der Waals surface area (Å²) in [7, 11) is 0. The molecular formula is C76H58N4. The molecule has 0 fully saturated rings. The van der Waals surface area contributed by atoms with Crippen molar-refractivity contribution < 1.29 is 0 Å². The first-order valence-corrected chi connectivity index (χ1v) is 27.9. The Hall–Kier alpha value is -9.90. The second kappa shape index (κ2) is 18.4. The molecule has 0 aliphatic heterocycles. The zero-order valence-corrected chi connectivity index (χ0v) is 45.3. The first kappa shape index (κ1) is 47.3. The van der Waals surface area contributed by atoms with Crippen LogP contribution in [0.15, 0.2) is 279 Å². The van der Waals surface area contributed by atoms with Crippen LogP contribution in [0.2, 0.25) is 0 Å². The van der Waals surface area contributed by atoms with Gasteiger partial charge in [0.1, 0.15) is 0 Å². The topological polar surface area (TPSA) is 16.3 Å². The Morgan fingerprint density at radius 3 is 0.963 bits per heavy atom. The highest BCUT2D eigenvalue weighted by Gasteiger charge is 2.37. The molecule has 2 aromatic heterocycles. The van der Waals surface area contributed by atoms with Crippen LogP contribution < -0.4 is 9.80 Å². The molecule has 4 nitrogen and oxygen atoms in total. The standard InChI is InChI=1S/C76H58N4/c1-75(2)67-31-19-17-29-63(67)65-43-41-61(49-69(65)75)77(55-25-13-7-14-26-55)57-33-37-59(38-34-57)79-71(51-21-9-5-10-22-51)45-53-48-74-54(47-73(53)79)46-72(52-23-11-6-12-24-52)80(74)60-39-35-58(36-40-60)78(56-27-15-8-16-28-56)62-42-44-66-64-30-18-20-32-68(64)76(3,4)70(66)50-62/h5-50H,1-4H3. The molecule has 0 N–H and O–H groups in total. The quantitative estimate of drug-likeness (QED) is 0.136. The maximum absolute atomic E-state index is 2.45. The van der Waals surface area contributed by atoms with Crippen LogP contribution in [0.25, 0.3) is 77.9 Å². The first-order chi connectivity index (χ1) is 39.2. The van der Waals surface area contributed by atoms with Gasteiger partial charge >= 0.3 is 0 Å².